The Morgan fingerprint density at radius 1 is 1.17 bits per heavy atom. The fraction of sp³-hybridized carbons (Fsp3) is 0.545. The van der Waals surface area contributed by atoms with Crippen LogP contribution in [0.5, 0.6) is 0 Å². The van der Waals surface area contributed by atoms with Crippen molar-refractivity contribution in [1.82, 2.24) is 14.3 Å². The number of rotatable bonds is 5. The van der Waals surface area contributed by atoms with Crippen molar-refractivity contribution in [1.29, 1.82) is 0 Å². The maximum Gasteiger partial charge on any atom is 0.211 e. The van der Waals surface area contributed by atoms with Crippen LogP contribution in [0.1, 0.15) is 43.9 Å². The van der Waals surface area contributed by atoms with Gasteiger partial charge in [0.25, 0.3) is 0 Å². The van der Waals surface area contributed by atoms with E-state index >= 15 is 0 Å². The van der Waals surface area contributed by atoms with Crippen molar-refractivity contribution in [2.75, 3.05) is 30.8 Å². The average molecular weight is 449 g/mol. The summed E-state index contributed by atoms with van der Waals surface area (Å²) in [5.74, 6) is 1.75. The Morgan fingerprint density at radius 2 is 1.90 bits per heavy atom. The Kier molecular flexibility index (Phi) is 6.32. The number of piperidine rings is 1. The smallest absolute Gasteiger partial charge is 0.211 e. The molecule has 0 atom stereocenters. The number of sulfonamides is 1. The van der Waals surface area contributed by atoms with Crippen molar-refractivity contribution < 1.29 is 8.42 Å². The standard InChI is InChI=1S/C22H29ClN4O2S/c1-3-27(30(2,28)29)18-11-13-26(14-12-18)22-19-9-4-5-10-20(19)24-21(25-22)16-7-6-8-17(23)15-16/h6-8,15,18H,3-5,9-14H2,1-2H3. The molecule has 1 saturated heterocycles. The van der Waals surface area contributed by atoms with Crippen LogP contribution in [0.3, 0.4) is 0 Å². The summed E-state index contributed by atoms with van der Waals surface area (Å²) < 4.78 is 25.9. The molecule has 2 aliphatic rings. The van der Waals surface area contributed by atoms with E-state index in [1.165, 1.54) is 11.8 Å². The Balaban J connectivity index is 1.63. The minimum atomic E-state index is -3.18. The predicted molar refractivity (Wildman–Crippen MR) is 122 cm³/mol. The van der Waals surface area contributed by atoms with Crippen LogP contribution in [0.25, 0.3) is 11.4 Å². The number of halogens is 1. The van der Waals surface area contributed by atoms with Crippen LogP contribution in [0.2, 0.25) is 5.02 Å². The van der Waals surface area contributed by atoms with Crippen molar-refractivity contribution in [3.8, 4) is 11.4 Å². The summed E-state index contributed by atoms with van der Waals surface area (Å²) in [4.78, 5) is 12.2. The van der Waals surface area contributed by atoms with Crippen LogP contribution >= 0.6 is 11.6 Å². The van der Waals surface area contributed by atoms with Gasteiger partial charge in [-0.1, -0.05) is 30.7 Å². The van der Waals surface area contributed by atoms with Crippen molar-refractivity contribution in [3.05, 3.63) is 40.5 Å². The molecular weight excluding hydrogens is 420 g/mol. The topological polar surface area (TPSA) is 66.4 Å². The Labute approximate surface area is 184 Å². The van der Waals surface area contributed by atoms with E-state index in [0.717, 1.165) is 74.5 Å². The lowest BCUT2D eigenvalue weighted by Crippen LogP contribution is -2.47. The fourth-order valence-corrected chi connectivity index (χ4v) is 6.13. The Bertz CT molecular complexity index is 1020. The first-order valence-corrected chi connectivity index (χ1v) is 13.0. The predicted octanol–water partition coefficient (Wildman–Crippen LogP) is 3.93. The van der Waals surface area contributed by atoms with E-state index in [2.05, 4.69) is 4.90 Å². The Morgan fingerprint density at radius 3 is 2.57 bits per heavy atom. The molecule has 0 amide bonds. The number of aromatic nitrogens is 2. The monoisotopic (exact) mass is 448 g/mol. The van der Waals surface area contributed by atoms with E-state index in [1.54, 1.807) is 4.31 Å². The zero-order chi connectivity index (χ0) is 21.3. The quantitative estimate of drug-likeness (QED) is 0.693. The lowest BCUT2D eigenvalue weighted by atomic mass is 9.95. The summed E-state index contributed by atoms with van der Waals surface area (Å²) in [6.07, 6.45) is 7.23. The van der Waals surface area contributed by atoms with Crippen molar-refractivity contribution in [3.63, 3.8) is 0 Å². The lowest BCUT2D eigenvalue weighted by molar-refractivity contribution is 0.285. The minimum absolute atomic E-state index is 0.0614. The number of fused-ring (bicyclic) bond motifs is 1. The average Bonchev–Trinajstić information content (AvgIpc) is 2.73. The molecule has 1 aliphatic carbocycles. The van der Waals surface area contributed by atoms with E-state index in [-0.39, 0.29) is 6.04 Å². The van der Waals surface area contributed by atoms with E-state index in [4.69, 9.17) is 21.6 Å². The Hall–Kier alpha value is -1.70. The molecule has 0 spiro atoms. The molecule has 0 saturated carbocycles. The molecule has 0 N–H and O–H groups in total. The highest BCUT2D eigenvalue weighted by Gasteiger charge is 2.31. The first-order chi connectivity index (χ1) is 14.4. The third-order valence-corrected chi connectivity index (χ3v) is 7.80. The van der Waals surface area contributed by atoms with E-state index in [9.17, 15) is 8.42 Å². The van der Waals surface area contributed by atoms with Gasteiger partial charge in [0, 0.05) is 47.5 Å². The second-order valence-electron chi connectivity index (χ2n) is 8.20. The van der Waals surface area contributed by atoms with Gasteiger partial charge in [-0.2, -0.15) is 4.31 Å². The molecule has 4 rings (SSSR count). The van der Waals surface area contributed by atoms with Crippen LogP contribution in [0.4, 0.5) is 5.82 Å². The third kappa shape index (κ3) is 4.48. The van der Waals surface area contributed by atoms with Gasteiger partial charge in [-0.3, -0.25) is 0 Å². The van der Waals surface area contributed by atoms with Gasteiger partial charge in [-0.05, 0) is 50.7 Å². The van der Waals surface area contributed by atoms with Crippen LogP contribution in [-0.2, 0) is 22.9 Å². The maximum absolute atomic E-state index is 12.1. The summed E-state index contributed by atoms with van der Waals surface area (Å²) in [5, 5.41) is 0.677. The molecule has 1 fully saturated rings. The second kappa shape index (κ2) is 8.81. The van der Waals surface area contributed by atoms with Crippen molar-refractivity contribution in [2.24, 2.45) is 0 Å². The summed E-state index contributed by atoms with van der Waals surface area (Å²) in [6.45, 7) is 4.03. The van der Waals surface area contributed by atoms with Gasteiger partial charge in [-0.15, -0.1) is 0 Å². The van der Waals surface area contributed by atoms with Gasteiger partial charge in [0.15, 0.2) is 5.82 Å². The van der Waals surface area contributed by atoms with Gasteiger partial charge in [0.1, 0.15) is 5.82 Å². The molecule has 8 heteroatoms. The fourth-order valence-electron chi connectivity index (χ4n) is 4.72. The number of hydrogen-bond acceptors (Lipinski definition) is 5. The molecule has 0 radical (unpaired) electrons. The molecular formula is C22H29ClN4O2S. The summed E-state index contributed by atoms with van der Waals surface area (Å²) in [7, 11) is -3.18. The molecule has 6 nitrogen and oxygen atoms in total. The van der Waals surface area contributed by atoms with E-state index in [0.29, 0.717) is 11.6 Å². The molecule has 0 unspecified atom stereocenters. The lowest BCUT2D eigenvalue weighted by Gasteiger charge is -2.38. The largest absolute Gasteiger partial charge is 0.356 e. The molecule has 2 heterocycles. The molecule has 1 aromatic carbocycles. The molecule has 162 valence electrons. The SMILES string of the molecule is CCN(C1CCN(c2nc(-c3cccc(Cl)c3)nc3c2CCCC3)CC1)S(C)(=O)=O. The third-order valence-electron chi connectivity index (χ3n) is 6.15. The number of benzene rings is 1. The zero-order valence-corrected chi connectivity index (χ0v) is 19.2. The highest BCUT2D eigenvalue weighted by molar-refractivity contribution is 7.88. The van der Waals surface area contributed by atoms with Crippen molar-refractivity contribution >= 4 is 27.4 Å². The van der Waals surface area contributed by atoms with Crippen LogP contribution in [0, 0.1) is 0 Å². The maximum atomic E-state index is 12.1. The first kappa shape index (κ1) is 21.5. The van der Waals surface area contributed by atoms with Gasteiger partial charge < -0.3 is 4.90 Å². The van der Waals surface area contributed by atoms with Crippen LogP contribution in [0.15, 0.2) is 24.3 Å². The summed E-state index contributed by atoms with van der Waals surface area (Å²) in [5.41, 5.74) is 3.34. The van der Waals surface area contributed by atoms with E-state index < -0.39 is 10.0 Å². The molecule has 1 aromatic heterocycles. The molecule has 0 bridgehead atoms. The number of anilines is 1. The van der Waals surface area contributed by atoms with Crippen LogP contribution < -0.4 is 4.90 Å². The summed E-state index contributed by atoms with van der Waals surface area (Å²) in [6, 6.07) is 7.75. The van der Waals surface area contributed by atoms with Crippen LogP contribution in [-0.4, -0.2) is 54.6 Å². The summed E-state index contributed by atoms with van der Waals surface area (Å²) >= 11 is 6.20. The number of hydrogen-bond donors (Lipinski definition) is 0. The molecule has 2 aromatic rings. The van der Waals surface area contributed by atoms with Gasteiger partial charge in [-0.25, -0.2) is 18.4 Å². The number of nitrogens with zero attached hydrogens (tertiary/aromatic N) is 4. The highest BCUT2D eigenvalue weighted by atomic mass is 35.5. The van der Waals surface area contributed by atoms with Gasteiger partial charge >= 0.3 is 0 Å². The second-order valence-corrected chi connectivity index (χ2v) is 10.6. The minimum Gasteiger partial charge on any atom is -0.356 e. The normalized spacial score (nSPS) is 17.9. The van der Waals surface area contributed by atoms with Gasteiger partial charge in [0.05, 0.1) is 6.26 Å². The first-order valence-electron chi connectivity index (χ1n) is 10.7. The van der Waals surface area contributed by atoms with Gasteiger partial charge in [0.2, 0.25) is 10.0 Å². The molecule has 30 heavy (non-hydrogen) atoms. The zero-order valence-electron chi connectivity index (χ0n) is 17.6. The van der Waals surface area contributed by atoms with E-state index in [1.807, 2.05) is 31.2 Å². The number of aryl methyl sites for hydroxylation is 1. The molecule has 1 aliphatic heterocycles. The van der Waals surface area contributed by atoms with Crippen molar-refractivity contribution in [2.45, 2.75) is 51.5 Å². The highest BCUT2D eigenvalue weighted by Crippen LogP contribution is 2.33.